The van der Waals surface area contributed by atoms with Gasteiger partial charge in [-0.2, -0.15) is 5.26 Å². The number of furan rings is 4. The number of aliphatic imine (C=N–C) groups is 5. The topological polar surface area (TPSA) is 202 Å². The first-order chi connectivity index (χ1) is 70.5. The molecular weight excluding hydrogens is 2090 g/mol. The van der Waals surface area contributed by atoms with E-state index in [-0.39, 0.29) is 29.1 Å². The molecule has 0 amide bonds. The monoisotopic (exact) mass is 2210 g/mol. The highest BCUT2D eigenvalue weighted by atomic mass is 79.9. The van der Waals surface area contributed by atoms with E-state index in [4.69, 9.17) is 37.7 Å². The van der Waals surface area contributed by atoms with Crippen LogP contribution in [0.1, 0.15) is 182 Å². The van der Waals surface area contributed by atoms with Gasteiger partial charge >= 0.3 is 0 Å². The Morgan fingerprint density at radius 1 is 0.428 bits per heavy atom. The number of hydrogen-bond acceptors (Lipinski definition) is 17. The van der Waals surface area contributed by atoms with Gasteiger partial charge in [0.25, 0.3) is 0 Å². The lowest BCUT2D eigenvalue weighted by atomic mass is 9.92. The van der Waals surface area contributed by atoms with E-state index in [1.54, 1.807) is 49.6 Å². The van der Waals surface area contributed by atoms with Crippen molar-refractivity contribution >= 4 is 137 Å². The molecule has 0 spiro atoms. The molecule has 1 saturated heterocycles. The zero-order chi connectivity index (χ0) is 101. The lowest BCUT2D eigenvalue weighted by molar-refractivity contribution is 0.313. The summed E-state index contributed by atoms with van der Waals surface area (Å²) in [5.74, 6) is 6.20. The van der Waals surface area contributed by atoms with E-state index in [0.717, 1.165) is 276 Å². The number of benzene rings is 11. The largest absolute Gasteiger partial charge is 0.496 e. The molecule has 22 rings (SSSR count). The first-order valence-electron chi connectivity index (χ1n) is 50.5. The van der Waals surface area contributed by atoms with Gasteiger partial charge in [-0.15, -0.1) is 0 Å². The van der Waals surface area contributed by atoms with Crippen molar-refractivity contribution < 1.29 is 44.4 Å². The van der Waals surface area contributed by atoms with Crippen LogP contribution in [0, 0.1) is 68.1 Å². The Bertz CT molecular complexity index is 7470. The summed E-state index contributed by atoms with van der Waals surface area (Å²) in [6, 6.07) is 61.3. The van der Waals surface area contributed by atoms with Gasteiger partial charge in [-0.1, -0.05) is 181 Å². The van der Waals surface area contributed by atoms with Crippen molar-refractivity contribution in [2.75, 3.05) is 85.6 Å². The van der Waals surface area contributed by atoms with E-state index in [1.807, 2.05) is 87.0 Å². The number of amidine groups is 5. The van der Waals surface area contributed by atoms with Crippen LogP contribution < -0.4 is 26.0 Å². The zero-order valence-corrected chi connectivity index (χ0v) is 89.2. The van der Waals surface area contributed by atoms with Crippen LogP contribution >= 0.6 is 63.7 Å². The summed E-state index contributed by atoms with van der Waals surface area (Å²) in [6.07, 6.45) is 18.3. The van der Waals surface area contributed by atoms with Crippen molar-refractivity contribution in [2.45, 2.75) is 169 Å². The second-order valence-electron chi connectivity index (χ2n) is 38.3. The van der Waals surface area contributed by atoms with E-state index in [0.29, 0.717) is 110 Å². The predicted octanol–water partition coefficient (Wildman–Crippen LogP) is 27.3. The molecule has 1 aliphatic carbocycles. The smallest absolute Gasteiger partial charge is 0.137 e. The van der Waals surface area contributed by atoms with Gasteiger partial charge in [0.15, 0.2) is 0 Å². The van der Waals surface area contributed by atoms with E-state index in [9.17, 15) is 17.6 Å². The molecule has 0 bridgehead atoms. The van der Waals surface area contributed by atoms with Crippen molar-refractivity contribution in [3.05, 3.63) is 365 Å². The molecule has 4 N–H and O–H groups in total. The Labute approximate surface area is 877 Å². The molecule has 4 aromatic heterocycles. The number of nitriles is 1. The lowest BCUT2D eigenvalue weighted by Gasteiger charge is -2.24. The standard InChI is InChI=1S/C28H33BrFN3O.C25H20BrFN2O.C23H24FN3O.C22H22BrFN2O.C21H20BrFN2O/c1-19-20(2)34-27-21(17-22(29)18-25(19)27)9-10-23-24(7-5-8-26(23)30)28-31-11-16-33(28)15-6-14-32-12-3-4-13-32;26-18-13-17(24-21(14-18)22(15-30-24)16-5-2-1-3-6-16)9-10-19-20(7-4-8-23(19)27)25-28-11-12-29-25;1-28-22-12-9-15(14-25)13-16(22)10-11-17-18(5-4-6-19(17)24)23-26-20-7-2-3-8-21(20)27-23;1-13(2)19-12-27-21-14(10-15(23)11-18(19)21)6-7-16-17(4-3-5-20(16)24)22-25-8-9-26-22;1-12-13(2)26-20-14(10-15(22)11-18(12)20)6-7-16-17(4-3-5-19(16)23)21-24-8-9-25-21/h5,7-8,17-18H,3-4,6,9-16H2,1-2H3;1-8,13-15H,9-12H2,(H,28,29);4-6,9,12-13,20-21H,2-3,7-8,10-11H2,1H3,(H,26,27);3-5,10-13H,6-9H2,1-2H3,(H,25,26);3-5,10-11H,6-9H2,1-2H3,(H,24,25)/t;;20-,21-;;/m..0../s1. The van der Waals surface area contributed by atoms with Crippen LogP contribution in [0.3, 0.4) is 0 Å². The van der Waals surface area contributed by atoms with Crippen LogP contribution in [0.4, 0.5) is 22.0 Å². The highest BCUT2D eigenvalue weighted by molar-refractivity contribution is 9.11. The number of likely N-dealkylation sites (tertiary alicyclic amines) is 1. The van der Waals surface area contributed by atoms with E-state index >= 15 is 4.39 Å². The third kappa shape index (κ3) is 23.9. The summed E-state index contributed by atoms with van der Waals surface area (Å²) in [7, 11) is 1.61. The number of hydrogen-bond donors (Lipinski definition) is 4. The summed E-state index contributed by atoms with van der Waals surface area (Å²) < 4.78 is 107. The van der Waals surface area contributed by atoms with Gasteiger partial charge in [-0.3, -0.25) is 25.0 Å². The van der Waals surface area contributed by atoms with Gasteiger partial charge in [0.2, 0.25) is 0 Å². The maximum absolute atomic E-state index is 15.1. The summed E-state index contributed by atoms with van der Waals surface area (Å²) in [5.41, 5.74) is 22.9. The van der Waals surface area contributed by atoms with Crippen molar-refractivity contribution in [3.63, 3.8) is 0 Å². The van der Waals surface area contributed by atoms with Crippen LogP contribution in [0.15, 0.2) is 261 Å². The minimum Gasteiger partial charge on any atom is -0.496 e. The molecule has 1 saturated carbocycles. The fraction of sp³-hybridized carbons (Fsp3) is 0.328. The second kappa shape index (κ2) is 47.5. The minimum atomic E-state index is -0.215. The van der Waals surface area contributed by atoms with E-state index < -0.39 is 0 Å². The van der Waals surface area contributed by atoms with Crippen molar-refractivity contribution in [1.82, 2.24) is 31.1 Å². The van der Waals surface area contributed by atoms with Crippen LogP contribution in [0.2, 0.25) is 0 Å². The number of nitrogens with zero attached hydrogens (tertiary/aromatic N) is 8. The molecule has 7 aliphatic rings. The fourth-order valence-electron chi connectivity index (χ4n) is 21.0. The third-order valence-electron chi connectivity index (χ3n) is 28.7. The summed E-state index contributed by atoms with van der Waals surface area (Å²) in [6.45, 7) is 23.3. The number of methoxy groups -OCH3 is 1. The Morgan fingerprint density at radius 2 is 0.862 bits per heavy atom. The molecule has 6 aliphatic heterocycles. The summed E-state index contributed by atoms with van der Waals surface area (Å²) in [4.78, 5) is 28.0. The number of ether oxygens (including phenoxy) is 1. The van der Waals surface area contributed by atoms with Gasteiger partial charge < -0.3 is 53.5 Å². The molecule has 15 aromatic rings. The molecule has 26 heteroatoms. The average molecular weight is 2210 g/mol. The number of nitrogens with one attached hydrogen (secondary N) is 4. The van der Waals surface area contributed by atoms with Crippen LogP contribution in [-0.2, 0) is 64.2 Å². The van der Waals surface area contributed by atoms with Gasteiger partial charge in [0.1, 0.15) is 97.9 Å². The zero-order valence-electron chi connectivity index (χ0n) is 82.8. The predicted molar refractivity (Wildman–Crippen MR) is 588 cm³/mol. The normalized spacial score (nSPS) is 15.8. The first kappa shape index (κ1) is 103. The Kier molecular flexibility index (Phi) is 33.7. The number of rotatable bonds is 27. The van der Waals surface area contributed by atoms with Gasteiger partial charge in [-0.05, 0) is 319 Å². The maximum atomic E-state index is 15.1. The average Bonchev–Trinajstić information content (AvgIpc) is 1.62. The highest BCUT2D eigenvalue weighted by Crippen LogP contribution is 2.41. The number of halogens is 9. The quantitative estimate of drug-likeness (QED) is 0.0355. The molecule has 11 aromatic carbocycles. The van der Waals surface area contributed by atoms with Crippen molar-refractivity contribution in [2.24, 2.45) is 25.0 Å². The minimum absolute atomic E-state index is 0.151. The molecule has 17 nitrogen and oxygen atoms in total. The molecule has 0 radical (unpaired) electrons. The van der Waals surface area contributed by atoms with Crippen LogP contribution in [-0.4, -0.2) is 137 Å². The van der Waals surface area contributed by atoms with E-state index in [1.165, 1.54) is 68.6 Å². The van der Waals surface area contributed by atoms with Gasteiger partial charge in [0, 0.05) is 117 Å². The maximum Gasteiger partial charge on any atom is 0.137 e. The molecule has 145 heavy (non-hydrogen) atoms. The number of fused-ring (bicyclic) bond motifs is 5. The Balaban J connectivity index is 0.000000119. The summed E-state index contributed by atoms with van der Waals surface area (Å²) in [5, 5.41) is 26.9. The third-order valence-corrected chi connectivity index (χ3v) is 30.5. The Hall–Kier alpha value is -12.3. The van der Waals surface area contributed by atoms with Crippen LogP contribution in [0.5, 0.6) is 5.75 Å². The van der Waals surface area contributed by atoms with Crippen molar-refractivity contribution in [1.29, 1.82) is 5.26 Å². The molecule has 2 fully saturated rings. The molecule has 2 atom stereocenters. The molecule has 10 heterocycles. The molecular formula is C119H119Br4F5N12O5. The van der Waals surface area contributed by atoms with Gasteiger partial charge in [0.05, 0.1) is 63.5 Å². The first-order valence-corrected chi connectivity index (χ1v) is 53.6. The lowest BCUT2D eigenvalue weighted by Crippen LogP contribution is -2.37. The molecule has 748 valence electrons. The molecule has 0 unspecified atom stereocenters. The van der Waals surface area contributed by atoms with Crippen LogP contribution in [0.25, 0.3) is 55.0 Å². The number of aryl methyl sites for hydroxylation is 9. The van der Waals surface area contributed by atoms with Gasteiger partial charge in [-0.25, -0.2) is 22.0 Å². The fourth-order valence-corrected chi connectivity index (χ4v) is 23.0. The Morgan fingerprint density at radius 3 is 1.32 bits per heavy atom. The highest BCUT2D eigenvalue weighted by Gasteiger charge is 2.34. The second-order valence-corrected chi connectivity index (χ2v) is 42.0. The van der Waals surface area contributed by atoms with Crippen molar-refractivity contribution in [3.8, 4) is 22.9 Å². The SMILES string of the molecule is CC(C)c1coc2c(CCc3c(F)cccc3C3=NCCN3)cc(Br)cc12.COc1ccc(C#N)cc1CCc1c(F)cccc1C1=N[C@H]2CCCC[C@@H]2N1.Cc1oc2c(CCc3c(F)cccc3C3=NCCN3)cc(Br)cc2c1C.Cc1oc2c(CCc3c(F)cccc3C3=NCCN3CCCN3CCCC3)cc(Br)cc2c1C.Fc1cccc(C2=NCCN2)c1CCc1cc(Br)cc2c(-c3ccccc3)coc12. The summed E-state index contributed by atoms with van der Waals surface area (Å²) >= 11 is 14.5. The van der Waals surface area contributed by atoms with E-state index in [2.05, 4.69) is 204 Å².